The Morgan fingerprint density at radius 1 is 0.783 bits per heavy atom. The molecule has 7 aliphatic rings. The second-order valence-corrected chi connectivity index (χ2v) is 22.9. The molecule has 4 saturated carbocycles. The van der Waals surface area contributed by atoms with Crippen molar-refractivity contribution < 1.29 is 88.5 Å². The number of aliphatic hydroxyl groups is 7. The molecule has 0 aromatic carbocycles. The summed E-state index contributed by atoms with van der Waals surface area (Å²) in [5, 5.41) is 88.0. The second kappa shape index (κ2) is 19.0. The van der Waals surface area contributed by atoms with Crippen LogP contribution >= 0.6 is 0 Å². The fourth-order valence-electron chi connectivity index (χ4n) is 14.5. The molecule has 0 unspecified atom stereocenters. The monoisotopic (exact) mass is 977 g/mol. The van der Waals surface area contributed by atoms with Crippen molar-refractivity contribution in [3.8, 4) is 0 Å². The smallest absolute Gasteiger partial charge is 0.335 e. The predicted octanol–water partition coefficient (Wildman–Crippen LogP) is 2.65. The van der Waals surface area contributed by atoms with Gasteiger partial charge in [-0.25, -0.2) is 14.4 Å². The molecule has 388 valence electrons. The minimum Gasteiger partial charge on any atom is -0.479 e. The van der Waals surface area contributed by atoms with Gasteiger partial charge in [0.05, 0.1) is 36.3 Å². The fraction of sp³-hybridized carbons (Fsp3) is 0.804. The van der Waals surface area contributed by atoms with Gasteiger partial charge in [-0.2, -0.15) is 0 Å². The van der Waals surface area contributed by atoms with E-state index < -0.39 is 149 Å². The number of aldehydes is 1. The van der Waals surface area contributed by atoms with Crippen LogP contribution in [0, 0.1) is 50.2 Å². The number of aliphatic hydroxyl groups excluding tert-OH is 7. The number of esters is 2. The highest BCUT2D eigenvalue weighted by Crippen LogP contribution is 2.76. The van der Waals surface area contributed by atoms with E-state index in [4.69, 9.17) is 28.4 Å². The molecule has 2 heterocycles. The van der Waals surface area contributed by atoms with E-state index in [0.29, 0.717) is 43.3 Å². The molecule has 18 heteroatoms. The molecule has 5 aliphatic carbocycles. The van der Waals surface area contributed by atoms with Crippen molar-refractivity contribution in [2.24, 2.45) is 50.2 Å². The number of hydrogen-bond acceptors (Lipinski definition) is 17. The Morgan fingerprint density at radius 3 is 1.99 bits per heavy atom. The van der Waals surface area contributed by atoms with E-state index in [1.54, 1.807) is 46.8 Å². The summed E-state index contributed by atoms with van der Waals surface area (Å²) in [6.07, 6.45) is -10.7. The fourth-order valence-corrected chi connectivity index (χ4v) is 14.5. The van der Waals surface area contributed by atoms with Gasteiger partial charge in [0.1, 0.15) is 49.0 Å². The first-order valence-electron chi connectivity index (χ1n) is 24.5. The molecule has 0 radical (unpaired) electrons. The third kappa shape index (κ3) is 8.29. The second-order valence-electron chi connectivity index (χ2n) is 22.9. The van der Waals surface area contributed by atoms with Crippen molar-refractivity contribution in [3.63, 3.8) is 0 Å². The van der Waals surface area contributed by atoms with Crippen LogP contribution in [0.4, 0.5) is 0 Å². The summed E-state index contributed by atoms with van der Waals surface area (Å²) >= 11 is 0. The van der Waals surface area contributed by atoms with E-state index in [0.717, 1.165) is 11.9 Å². The normalized spacial score (nSPS) is 48.6. The van der Waals surface area contributed by atoms with Gasteiger partial charge >= 0.3 is 17.9 Å². The van der Waals surface area contributed by atoms with Crippen LogP contribution in [-0.2, 0) is 47.6 Å². The Hall–Kier alpha value is -3.14. The molecule has 2 aliphatic heterocycles. The minimum atomic E-state index is -1.99. The number of hydrogen-bond donors (Lipinski definition) is 8. The number of rotatable bonds is 11. The number of carboxylic acid groups (broad SMARTS) is 1. The zero-order chi connectivity index (χ0) is 51.1. The van der Waals surface area contributed by atoms with Crippen LogP contribution in [0.2, 0.25) is 0 Å². The van der Waals surface area contributed by atoms with E-state index in [9.17, 15) is 60.0 Å². The lowest BCUT2D eigenvalue weighted by atomic mass is 9.33. The molecule has 21 atom stereocenters. The summed E-state index contributed by atoms with van der Waals surface area (Å²) in [6, 6.07) is 0. The van der Waals surface area contributed by atoms with Crippen molar-refractivity contribution in [1.29, 1.82) is 0 Å². The first kappa shape index (κ1) is 53.7. The molecule has 0 spiro atoms. The molecule has 18 nitrogen and oxygen atoms in total. The van der Waals surface area contributed by atoms with Crippen molar-refractivity contribution in [2.45, 2.75) is 194 Å². The van der Waals surface area contributed by atoms with Gasteiger partial charge in [-0.15, -0.1) is 0 Å². The molecule has 8 N–H and O–H groups in total. The number of allylic oxidation sites excluding steroid dienone is 4. The van der Waals surface area contributed by atoms with Crippen LogP contribution in [0.1, 0.15) is 114 Å². The summed E-state index contributed by atoms with van der Waals surface area (Å²) < 4.78 is 35.8. The Labute approximate surface area is 404 Å². The molecule has 2 saturated heterocycles. The van der Waals surface area contributed by atoms with Crippen molar-refractivity contribution in [2.75, 3.05) is 13.2 Å². The van der Waals surface area contributed by atoms with Gasteiger partial charge in [0.2, 0.25) is 0 Å². The molecule has 0 bridgehead atoms. The van der Waals surface area contributed by atoms with E-state index in [1.807, 2.05) is 13.8 Å². The third-order valence-electron chi connectivity index (χ3n) is 19.1. The summed E-state index contributed by atoms with van der Waals surface area (Å²) in [5.74, 6) is -3.65. The Balaban J connectivity index is 1.20. The molecule has 0 aromatic heterocycles. The molecular weight excluding hydrogens is 901 g/mol. The highest BCUT2D eigenvalue weighted by molar-refractivity contribution is 5.89. The summed E-state index contributed by atoms with van der Waals surface area (Å²) in [5.41, 5.74) is -3.33. The lowest BCUT2D eigenvalue weighted by molar-refractivity contribution is -0.355. The van der Waals surface area contributed by atoms with Gasteiger partial charge in [0, 0.05) is 16.6 Å². The largest absolute Gasteiger partial charge is 0.479 e. The third-order valence-corrected chi connectivity index (χ3v) is 19.1. The van der Waals surface area contributed by atoms with Crippen LogP contribution in [0.15, 0.2) is 34.9 Å². The van der Waals surface area contributed by atoms with E-state index in [-0.39, 0.29) is 24.7 Å². The van der Waals surface area contributed by atoms with E-state index in [1.165, 1.54) is 0 Å². The molecule has 0 aromatic rings. The van der Waals surface area contributed by atoms with Crippen LogP contribution in [0.25, 0.3) is 0 Å². The van der Waals surface area contributed by atoms with Gasteiger partial charge in [0.25, 0.3) is 0 Å². The molecule has 7 rings (SSSR count). The predicted molar refractivity (Wildman–Crippen MR) is 243 cm³/mol. The lowest BCUT2D eigenvalue weighted by Crippen LogP contribution is -2.72. The number of carboxylic acids is 1. The lowest BCUT2D eigenvalue weighted by Gasteiger charge is -2.72. The highest BCUT2D eigenvalue weighted by atomic mass is 16.7. The van der Waals surface area contributed by atoms with Gasteiger partial charge in [0.15, 0.2) is 24.8 Å². The molecule has 0 amide bonds. The number of carbonyl (C=O) groups is 4. The van der Waals surface area contributed by atoms with Gasteiger partial charge < -0.3 is 74.1 Å². The summed E-state index contributed by atoms with van der Waals surface area (Å²) in [7, 11) is 0. The van der Waals surface area contributed by atoms with Crippen LogP contribution in [-0.4, -0.2) is 158 Å². The van der Waals surface area contributed by atoms with Crippen molar-refractivity contribution in [1.82, 2.24) is 0 Å². The zero-order valence-electron chi connectivity index (χ0n) is 41.6. The minimum absolute atomic E-state index is 0.0387. The van der Waals surface area contributed by atoms with Crippen molar-refractivity contribution >= 4 is 24.2 Å². The van der Waals surface area contributed by atoms with Gasteiger partial charge in [-0.05, 0) is 107 Å². The molecule has 69 heavy (non-hydrogen) atoms. The number of ether oxygens (including phenoxy) is 6. The standard InChI is InChI=1S/C51H76O18/c1-11-24(3)42(62)68-39-40(69-43(63)25(4)12-2)51(23-53)27(19-46(39,5)6)26-13-14-30-47(7)17-16-32(48(8,22-52)29(47)15-18-49(30,9)50(26,10)20-31(51)55)65-45-36(59)37(35(58)38(67-45)41(60)61)66-44-34(57)33(56)28(54)21-64-44/h11-13,22,27-40,44-45,53-59H,14-21,23H2,1-10H3,(H,60,61)/b24-11?,25-12+/t27-,28-,29+,30+,31+,32-,33-,34+,35-,36+,37-,38-,39-,40-,44-,45+,47-,48-,49+,50+,51-/m0/s1. The summed E-state index contributed by atoms with van der Waals surface area (Å²) in [4.78, 5) is 53.3. The Morgan fingerprint density at radius 2 is 1.41 bits per heavy atom. The number of carbonyl (C=O) groups excluding carboxylic acids is 3. The van der Waals surface area contributed by atoms with Crippen LogP contribution in [0.3, 0.4) is 0 Å². The highest BCUT2D eigenvalue weighted by Gasteiger charge is 2.74. The maximum absolute atomic E-state index is 13.7. The SMILES string of the molecule is CC=C(C)C(=O)O[C@H]1[C@H](OC(=O)/C(C)=C/C)[C@]2(CO)[C@H](O)C[C@]3(C)C(=CC[C@@H]4[C@@]5(C)CC[C@H](O[C@@H]6O[C@H](C(=O)O)[C@@H](O)[C@H](O[C@@H]7OC[C@H](O)[C@H](O)[C@H]7O)[C@H]6O)[C@@](C)(C=O)[C@@H]5CC[C@]43C)[C@@H]2CC1(C)C. The topological polar surface area (TPSA) is 285 Å². The van der Waals surface area contributed by atoms with Gasteiger partial charge in [-0.3, -0.25) is 0 Å². The maximum Gasteiger partial charge on any atom is 0.335 e. The molecule has 6 fully saturated rings. The quantitative estimate of drug-likeness (QED) is 0.0486. The van der Waals surface area contributed by atoms with Crippen molar-refractivity contribution in [3.05, 3.63) is 34.9 Å². The van der Waals surface area contributed by atoms with E-state index in [2.05, 4.69) is 26.8 Å². The average molecular weight is 977 g/mol. The first-order chi connectivity index (χ1) is 32.2. The summed E-state index contributed by atoms with van der Waals surface area (Å²) in [6.45, 7) is 18.0. The maximum atomic E-state index is 13.7. The van der Waals surface area contributed by atoms with Gasteiger partial charge in [-0.1, -0.05) is 65.3 Å². The number of fused-ring (bicyclic) bond motifs is 7. The van der Waals surface area contributed by atoms with Crippen LogP contribution in [0.5, 0.6) is 0 Å². The number of aliphatic carboxylic acids is 1. The first-order valence-corrected chi connectivity index (χ1v) is 24.5. The molecular formula is C51H76O18. The Bertz CT molecular complexity index is 2090. The Kier molecular flexibility index (Phi) is 14.8. The average Bonchev–Trinajstić information content (AvgIpc) is 3.29. The zero-order valence-corrected chi connectivity index (χ0v) is 41.6. The van der Waals surface area contributed by atoms with E-state index >= 15 is 0 Å². The van der Waals surface area contributed by atoms with Crippen LogP contribution < -0.4 is 0 Å².